The second-order valence-electron chi connectivity index (χ2n) is 5.56. The second-order valence-corrected chi connectivity index (χ2v) is 5.56. The number of likely N-dealkylation sites (tertiary alicyclic amines) is 1. The van der Waals surface area contributed by atoms with E-state index in [9.17, 15) is 0 Å². The fourth-order valence-electron chi connectivity index (χ4n) is 3.25. The molecule has 1 aliphatic carbocycles. The highest BCUT2D eigenvalue weighted by Gasteiger charge is 2.31. The number of nitrogens with one attached hydrogen (secondary N) is 1. The van der Waals surface area contributed by atoms with Crippen LogP contribution in [0.15, 0.2) is 0 Å². The fraction of sp³-hybridized carbons (Fsp3) is 0.923. The molecule has 0 aromatic heterocycles. The summed E-state index contributed by atoms with van der Waals surface area (Å²) in [7, 11) is 0. The summed E-state index contributed by atoms with van der Waals surface area (Å²) in [6.07, 6.45) is 7.85. The summed E-state index contributed by atoms with van der Waals surface area (Å²) in [6.45, 7) is 5.71. The van der Waals surface area contributed by atoms with Crippen molar-refractivity contribution in [3.8, 4) is 0 Å². The normalized spacial score (nSPS) is 33.3. The Kier molecular flexibility index (Phi) is 3.32. The molecule has 1 N–H and O–H groups in total. The van der Waals surface area contributed by atoms with Gasteiger partial charge in [-0.2, -0.15) is 0 Å². The van der Waals surface area contributed by atoms with Crippen LogP contribution in [0.1, 0.15) is 52.4 Å². The van der Waals surface area contributed by atoms with Gasteiger partial charge in [-0.1, -0.05) is 26.2 Å². The number of rotatable bonds is 1. The summed E-state index contributed by atoms with van der Waals surface area (Å²) >= 11 is 0. The summed E-state index contributed by atoms with van der Waals surface area (Å²) in [6, 6.07) is 0.606. The van der Waals surface area contributed by atoms with E-state index in [2.05, 4.69) is 18.7 Å². The van der Waals surface area contributed by atoms with Gasteiger partial charge in [0.05, 0.1) is 5.84 Å². The lowest BCUT2D eigenvalue weighted by Gasteiger charge is -2.31. The molecule has 0 bridgehead atoms. The van der Waals surface area contributed by atoms with Crippen molar-refractivity contribution in [2.75, 3.05) is 6.54 Å². The van der Waals surface area contributed by atoms with Crippen LogP contribution in [0.4, 0.5) is 0 Å². The number of nitrogens with zero attached hydrogens (tertiary/aromatic N) is 1. The van der Waals surface area contributed by atoms with E-state index >= 15 is 0 Å². The first-order valence-electron chi connectivity index (χ1n) is 6.53. The van der Waals surface area contributed by atoms with Gasteiger partial charge in [-0.05, 0) is 32.1 Å². The van der Waals surface area contributed by atoms with Crippen LogP contribution in [0.2, 0.25) is 0 Å². The van der Waals surface area contributed by atoms with Crippen molar-refractivity contribution in [3.05, 3.63) is 0 Å². The van der Waals surface area contributed by atoms with Gasteiger partial charge < -0.3 is 4.90 Å². The van der Waals surface area contributed by atoms with Gasteiger partial charge in [0, 0.05) is 18.5 Å². The zero-order valence-electron chi connectivity index (χ0n) is 10.1. The zero-order chi connectivity index (χ0) is 10.8. The van der Waals surface area contributed by atoms with E-state index in [1.807, 2.05) is 0 Å². The molecule has 0 radical (unpaired) electrons. The van der Waals surface area contributed by atoms with E-state index in [4.69, 9.17) is 5.41 Å². The molecular formula is C13H24N2. The molecule has 1 aliphatic heterocycles. The van der Waals surface area contributed by atoms with Gasteiger partial charge in [0.1, 0.15) is 0 Å². The predicted molar refractivity (Wildman–Crippen MR) is 64.3 cm³/mol. The number of hydrogen-bond donors (Lipinski definition) is 1. The van der Waals surface area contributed by atoms with Gasteiger partial charge in [0.25, 0.3) is 0 Å². The van der Waals surface area contributed by atoms with E-state index in [1.165, 1.54) is 38.5 Å². The Balaban J connectivity index is 1.94. The average molecular weight is 208 g/mol. The molecular weight excluding hydrogens is 184 g/mol. The van der Waals surface area contributed by atoms with Gasteiger partial charge in [-0.25, -0.2) is 0 Å². The largest absolute Gasteiger partial charge is 0.357 e. The molecule has 2 nitrogen and oxygen atoms in total. The first kappa shape index (κ1) is 11.0. The highest BCUT2D eigenvalue weighted by molar-refractivity contribution is 5.82. The van der Waals surface area contributed by atoms with Crippen LogP contribution in [0.3, 0.4) is 0 Å². The Hall–Kier alpha value is -0.530. The van der Waals surface area contributed by atoms with Crippen molar-refractivity contribution in [2.24, 2.45) is 11.8 Å². The maximum atomic E-state index is 8.33. The first-order valence-corrected chi connectivity index (χ1v) is 6.53. The van der Waals surface area contributed by atoms with Crippen LogP contribution in [0.5, 0.6) is 0 Å². The van der Waals surface area contributed by atoms with E-state index in [-0.39, 0.29) is 0 Å². The molecule has 0 spiro atoms. The maximum absolute atomic E-state index is 8.33. The van der Waals surface area contributed by atoms with Gasteiger partial charge in [0.15, 0.2) is 0 Å². The lowest BCUT2D eigenvalue weighted by Crippen LogP contribution is -2.38. The van der Waals surface area contributed by atoms with Crippen LogP contribution in [-0.4, -0.2) is 23.3 Å². The van der Waals surface area contributed by atoms with Crippen LogP contribution in [0, 0.1) is 17.2 Å². The van der Waals surface area contributed by atoms with Gasteiger partial charge in [-0.15, -0.1) is 0 Å². The van der Waals surface area contributed by atoms with Crippen molar-refractivity contribution in [3.63, 3.8) is 0 Å². The topological polar surface area (TPSA) is 27.1 Å². The van der Waals surface area contributed by atoms with E-state index < -0.39 is 0 Å². The minimum absolute atomic E-state index is 0.575. The second kappa shape index (κ2) is 4.54. The summed E-state index contributed by atoms with van der Waals surface area (Å²) < 4.78 is 0. The molecule has 2 heteroatoms. The quantitative estimate of drug-likeness (QED) is 0.519. The molecule has 0 aromatic carbocycles. The molecule has 1 saturated heterocycles. The molecule has 1 saturated carbocycles. The van der Waals surface area contributed by atoms with Crippen LogP contribution in [-0.2, 0) is 0 Å². The van der Waals surface area contributed by atoms with Crippen molar-refractivity contribution >= 4 is 5.84 Å². The highest BCUT2D eigenvalue weighted by Crippen LogP contribution is 2.30. The monoisotopic (exact) mass is 208 g/mol. The molecule has 2 aliphatic rings. The van der Waals surface area contributed by atoms with Crippen molar-refractivity contribution < 1.29 is 0 Å². The molecule has 2 fully saturated rings. The molecule has 15 heavy (non-hydrogen) atoms. The Morgan fingerprint density at radius 1 is 1.13 bits per heavy atom. The Morgan fingerprint density at radius 3 is 2.33 bits per heavy atom. The molecule has 0 aromatic rings. The van der Waals surface area contributed by atoms with E-state index in [0.29, 0.717) is 12.0 Å². The van der Waals surface area contributed by atoms with E-state index in [0.717, 1.165) is 18.3 Å². The fourth-order valence-corrected chi connectivity index (χ4v) is 3.25. The summed E-state index contributed by atoms with van der Waals surface area (Å²) in [5.74, 6) is 2.31. The van der Waals surface area contributed by atoms with E-state index in [1.54, 1.807) is 0 Å². The Labute approximate surface area is 93.6 Å². The van der Waals surface area contributed by atoms with Crippen LogP contribution < -0.4 is 0 Å². The molecule has 2 rings (SSSR count). The van der Waals surface area contributed by atoms with Crippen molar-refractivity contribution in [2.45, 2.75) is 58.4 Å². The van der Waals surface area contributed by atoms with Gasteiger partial charge in [-0.3, -0.25) is 5.41 Å². The third kappa shape index (κ3) is 2.35. The number of amidine groups is 1. The SMILES string of the molecule is CC1CC(C)N(C(=N)C2CCCCC2)C1. The molecule has 1 heterocycles. The zero-order valence-corrected chi connectivity index (χ0v) is 10.1. The van der Waals surface area contributed by atoms with Gasteiger partial charge >= 0.3 is 0 Å². The third-order valence-corrected chi connectivity index (χ3v) is 4.09. The van der Waals surface area contributed by atoms with Crippen LogP contribution in [0.25, 0.3) is 0 Å². The Bertz CT molecular complexity index is 231. The highest BCUT2D eigenvalue weighted by atomic mass is 15.2. The van der Waals surface area contributed by atoms with Crippen molar-refractivity contribution in [1.82, 2.24) is 4.90 Å². The lowest BCUT2D eigenvalue weighted by molar-refractivity contribution is 0.346. The first-order chi connectivity index (χ1) is 7.18. The average Bonchev–Trinajstić information content (AvgIpc) is 2.58. The number of hydrogen-bond acceptors (Lipinski definition) is 1. The summed E-state index contributed by atoms with van der Waals surface area (Å²) in [4.78, 5) is 2.36. The smallest absolute Gasteiger partial charge is 0.0991 e. The molecule has 86 valence electrons. The molecule has 2 atom stereocenters. The van der Waals surface area contributed by atoms with Gasteiger partial charge in [0.2, 0.25) is 0 Å². The molecule has 2 unspecified atom stereocenters. The Morgan fingerprint density at radius 2 is 1.80 bits per heavy atom. The van der Waals surface area contributed by atoms with Crippen molar-refractivity contribution in [1.29, 1.82) is 5.41 Å². The molecule has 0 amide bonds. The minimum atomic E-state index is 0.575. The predicted octanol–water partition coefficient (Wildman–Crippen LogP) is 3.27. The minimum Gasteiger partial charge on any atom is -0.357 e. The third-order valence-electron chi connectivity index (χ3n) is 4.09. The summed E-state index contributed by atoms with van der Waals surface area (Å²) in [5, 5.41) is 8.33. The maximum Gasteiger partial charge on any atom is 0.0991 e. The van der Waals surface area contributed by atoms with Crippen LogP contribution >= 0.6 is 0 Å². The lowest BCUT2D eigenvalue weighted by atomic mass is 9.88. The standard InChI is InChI=1S/C13H24N2/c1-10-8-11(2)15(9-10)13(14)12-6-4-3-5-7-12/h10-12,14H,3-9H2,1-2H3. The summed E-state index contributed by atoms with van der Waals surface area (Å²) in [5.41, 5.74) is 0.